The van der Waals surface area contributed by atoms with Crippen molar-refractivity contribution < 1.29 is 23.7 Å². The lowest BCUT2D eigenvalue weighted by Crippen LogP contribution is -2.18. The minimum Gasteiger partial charge on any atom is -0.494 e. The summed E-state index contributed by atoms with van der Waals surface area (Å²) in [5, 5.41) is 0.522. The Morgan fingerprint density at radius 2 is 1.04 bits per heavy atom. The van der Waals surface area contributed by atoms with E-state index in [1.54, 1.807) is 0 Å². The van der Waals surface area contributed by atoms with Crippen LogP contribution >= 0.6 is 0 Å². The number of benzene rings is 2. The van der Waals surface area contributed by atoms with E-state index in [0.29, 0.717) is 67.2 Å². The van der Waals surface area contributed by atoms with Crippen molar-refractivity contribution >= 4 is 10.9 Å². The highest BCUT2D eigenvalue weighted by molar-refractivity contribution is 5.92. The van der Waals surface area contributed by atoms with Gasteiger partial charge in [-0.25, -0.2) is 0 Å². The molecule has 268 valence electrons. The zero-order valence-electron chi connectivity index (χ0n) is 30.9. The van der Waals surface area contributed by atoms with Crippen LogP contribution in [0, 0.1) is 0 Å². The number of ether oxygens (including phenoxy) is 5. The number of fused-ring (bicyclic) bond motifs is 1. The Morgan fingerprint density at radius 3 is 1.60 bits per heavy atom. The highest BCUT2D eigenvalue weighted by atomic mass is 16.5. The smallest absolute Gasteiger partial charge is 0.235 e. The maximum absolute atomic E-state index is 14.3. The quantitative estimate of drug-likeness (QED) is 0.0795. The summed E-state index contributed by atoms with van der Waals surface area (Å²) in [4.78, 5) is 14.3. The molecule has 0 spiro atoms. The van der Waals surface area contributed by atoms with E-state index in [9.17, 15) is 4.79 Å². The molecular formula is C41H63NO6. The molecule has 0 radical (unpaired) electrons. The maximum Gasteiger partial charge on any atom is 0.235 e. The second-order valence-electron chi connectivity index (χ2n) is 12.4. The van der Waals surface area contributed by atoms with E-state index < -0.39 is 0 Å². The van der Waals surface area contributed by atoms with E-state index in [4.69, 9.17) is 23.7 Å². The third-order valence-electron chi connectivity index (χ3n) is 8.72. The first kappa shape index (κ1) is 39.1. The fraction of sp³-hybridized carbons (Fsp3) is 0.634. The van der Waals surface area contributed by atoms with Crippen molar-refractivity contribution in [3.05, 3.63) is 40.6 Å². The van der Waals surface area contributed by atoms with Gasteiger partial charge in [-0.05, 0) is 59.2 Å². The summed E-state index contributed by atoms with van der Waals surface area (Å²) in [6.45, 7) is 15.1. The third kappa shape index (κ3) is 11.4. The second kappa shape index (κ2) is 22.3. The van der Waals surface area contributed by atoms with Gasteiger partial charge in [-0.15, -0.1) is 0 Å². The molecule has 0 aliphatic heterocycles. The van der Waals surface area contributed by atoms with Crippen LogP contribution in [0.1, 0.15) is 131 Å². The lowest BCUT2D eigenvalue weighted by atomic mass is 10.0. The Kier molecular flexibility index (Phi) is 18.2. The summed E-state index contributed by atoms with van der Waals surface area (Å²) < 4.78 is 32.3. The van der Waals surface area contributed by atoms with Crippen LogP contribution in [-0.2, 0) is 6.54 Å². The van der Waals surface area contributed by atoms with Crippen molar-refractivity contribution in [2.24, 2.45) is 0 Å². The van der Waals surface area contributed by atoms with Crippen LogP contribution in [0.5, 0.6) is 28.7 Å². The van der Waals surface area contributed by atoms with Crippen LogP contribution in [0.3, 0.4) is 0 Å². The minimum absolute atomic E-state index is 0.183. The summed E-state index contributed by atoms with van der Waals surface area (Å²) in [5.74, 6) is 2.85. The molecule has 1 heterocycles. The van der Waals surface area contributed by atoms with E-state index in [1.165, 1.54) is 77.0 Å². The largest absolute Gasteiger partial charge is 0.494 e. The van der Waals surface area contributed by atoms with Crippen molar-refractivity contribution in [3.8, 4) is 40.0 Å². The molecule has 0 amide bonds. The first-order valence-corrected chi connectivity index (χ1v) is 19.1. The number of nitrogens with zero attached hydrogens (tertiary/aromatic N) is 1. The Morgan fingerprint density at radius 1 is 0.521 bits per heavy atom. The first-order valence-electron chi connectivity index (χ1n) is 19.1. The van der Waals surface area contributed by atoms with Crippen molar-refractivity contribution in [1.29, 1.82) is 0 Å². The lowest BCUT2D eigenvalue weighted by Gasteiger charge is -2.23. The Balaban J connectivity index is 1.91. The molecule has 0 bridgehead atoms. The molecular weight excluding hydrogens is 602 g/mol. The van der Waals surface area contributed by atoms with Crippen molar-refractivity contribution in [3.63, 3.8) is 0 Å². The Hall–Kier alpha value is -3.35. The van der Waals surface area contributed by atoms with Crippen LogP contribution in [0.15, 0.2) is 35.1 Å². The van der Waals surface area contributed by atoms with Crippen molar-refractivity contribution in [1.82, 2.24) is 4.57 Å². The molecule has 0 aliphatic rings. The number of hydrogen-bond donors (Lipinski definition) is 0. The van der Waals surface area contributed by atoms with E-state index in [2.05, 4.69) is 11.5 Å². The monoisotopic (exact) mass is 665 g/mol. The zero-order chi connectivity index (χ0) is 34.6. The fourth-order valence-electron chi connectivity index (χ4n) is 6.46. The number of pyridine rings is 1. The molecule has 1 aromatic heterocycles. The molecule has 3 rings (SSSR count). The zero-order valence-corrected chi connectivity index (χ0v) is 30.9. The van der Waals surface area contributed by atoms with Gasteiger partial charge in [0.15, 0.2) is 17.2 Å². The second-order valence-corrected chi connectivity index (χ2v) is 12.4. The number of hydrogen-bond acceptors (Lipinski definition) is 6. The van der Waals surface area contributed by atoms with Crippen LogP contribution in [0.25, 0.3) is 22.2 Å². The standard InChI is InChI=1S/C41H63NO6/c1-7-13-14-15-16-17-18-19-20-21-22-23-24-25-28-42-34-30-33(44-8-2)31-37(47-11-5)38(34)40(43)41(48-12-6)39(42)32-26-27-35(45-9-3)36(29-32)46-10-4/h26-27,29-31H,7-25,28H2,1-6H3. The number of unbranched alkanes of at least 4 members (excludes halogenated alkanes) is 13. The Bertz CT molecular complexity index is 1410. The van der Waals surface area contributed by atoms with Crippen LogP contribution < -0.4 is 29.1 Å². The molecule has 0 aliphatic carbocycles. The van der Waals surface area contributed by atoms with Crippen LogP contribution in [0.2, 0.25) is 0 Å². The third-order valence-corrected chi connectivity index (χ3v) is 8.72. The van der Waals surface area contributed by atoms with E-state index in [1.807, 2.05) is 65.0 Å². The summed E-state index contributed by atoms with van der Waals surface area (Å²) in [5.41, 5.74) is 2.19. The predicted octanol–water partition coefficient (Wildman–Crippen LogP) is 11.1. The van der Waals surface area contributed by atoms with Crippen LogP contribution in [-0.4, -0.2) is 37.6 Å². The SMILES string of the molecule is CCCCCCCCCCCCCCCCn1c(-c2ccc(OCC)c(OCC)c2)c(OCC)c(=O)c2c(OCC)cc(OCC)cc21. The predicted molar refractivity (Wildman–Crippen MR) is 200 cm³/mol. The van der Waals surface area contributed by atoms with Crippen molar-refractivity contribution in [2.75, 3.05) is 33.0 Å². The average Bonchev–Trinajstić information content (AvgIpc) is 3.08. The van der Waals surface area contributed by atoms with Gasteiger partial charge in [0.25, 0.3) is 0 Å². The minimum atomic E-state index is -0.183. The molecule has 2 aromatic carbocycles. The summed E-state index contributed by atoms with van der Waals surface area (Å²) in [6, 6.07) is 9.69. The topological polar surface area (TPSA) is 68.2 Å². The normalized spacial score (nSPS) is 11.2. The Labute approximate surface area is 290 Å². The number of rotatable bonds is 26. The molecule has 48 heavy (non-hydrogen) atoms. The molecule has 0 saturated carbocycles. The van der Waals surface area contributed by atoms with Crippen molar-refractivity contribution in [2.45, 2.75) is 138 Å². The van der Waals surface area contributed by atoms with E-state index >= 15 is 0 Å². The average molecular weight is 666 g/mol. The van der Waals surface area contributed by atoms with Gasteiger partial charge in [-0.1, -0.05) is 90.4 Å². The van der Waals surface area contributed by atoms with Gasteiger partial charge < -0.3 is 28.3 Å². The van der Waals surface area contributed by atoms with Gasteiger partial charge in [0.05, 0.1) is 49.6 Å². The van der Waals surface area contributed by atoms with E-state index in [0.717, 1.165) is 36.2 Å². The highest BCUT2D eigenvalue weighted by Crippen LogP contribution is 2.40. The van der Waals surface area contributed by atoms with Gasteiger partial charge in [0.1, 0.15) is 11.5 Å². The summed E-state index contributed by atoms with van der Waals surface area (Å²) in [7, 11) is 0. The van der Waals surface area contributed by atoms with E-state index in [-0.39, 0.29) is 5.43 Å². The van der Waals surface area contributed by atoms with Gasteiger partial charge in [0, 0.05) is 24.2 Å². The molecule has 7 heteroatoms. The van der Waals surface area contributed by atoms with Gasteiger partial charge in [-0.2, -0.15) is 0 Å². The summed E-state index contributed by atoms with van der Waals surface area (Å²) >= 11 is 0. The fourth-order valence-corrected chi connectivity index (χ4v) is 6.46. The molecule has 0 atom stereocenters. The molecule has 7 nitrogen and oxygen atoms in total. The molecule has 0 N–H and O–H groups in total. The van der Waals surface area contributed by atoms with Crippen LogP contribution in [0.4, 0.5) is 0 Å². The lowest BCUT2D eigenvalue weighted by molar-refractivity contribution is 0.288. The number of aryl methyl sites for hydroxylation is 1. The van der Waals surface area contributed by atoms with Gasteiger partial charge >= 0.3 is 0 Å². The van der Waals surface area contributed by atoms with Gasteiger partial charge in [-0.3, -0.25) is 4.79 Å². The maximum atomic E-state index is 14.3. The molecule has 0 unspecified atom stereocenters. The molecule has 0 fully saturated rings. The number of aromatic nitrogens is 1. The van der Waals surface area contributed by atoms with Gasteiger partial charge in [0.2, 0.25) is 5.43 Å². The first-order chi connectivity index (χ1) is 23.5. The molecule has 0 saturated heterocycles. The summed E-state index contributed by atoms with van der Waals surface area (Å²) in [6.07, 6.45) is 18.2. The highest BCUT2D eigenvalue weighted by Gasteiger charge is 2.24. The molecule has 3 aromatic rings.